The molecule has 22 heavy (non-hydrogen) atoms. The quantitative estimate of drug-likeness (QED) is 0.715. The molecule has 1 heterocycles. The van der Waals surface area contributed by atoms with Gasteiger partial charge in [0.15, 0.2) is 0 Å². The monoisotopic (exact) mass is 305 g/mol. The van der Waals surface area contributed by atoms with Crippen LogP contribution in [0.1, 0.15) is 53.0 Å². The van der Waals surface area contributed by atoms with Crippen LogP contribution < -0.4 is 11.1 Å². The van der Waals surface area contributed by atoms with Crippen molar-refractivity contribution in [3.05, 3.63) is 29.6 Å². The zero-order chi connectivity index (χ0) is 16.1. The van der Waals surface area contributed by atoms with Gasteiger partial charge in [-0.15, -0.1) is 0 Å². The van der Waals surface area contributed by atoms with E-state index in [1.54, 1.807) is 0 Å². The van der Waals surface area contributed by atoms with Gasteiger partial charge in [-0.25, -0.2) is 0 Å². The van der Waals surface area contributed by atoms with Gasteiger partial charge in [-0.3, -0.25) is 19.4 Å². The number of carboxylic acid groups (broad SMARTS) is 1. The molecule has 0 spiro atoms. The number of carboxylic acids is 1. The lowest BCUT2D eigenvalue weighted by molar-refractivity contribution is -0.142. The standard InChI is InChI=1S/C15H19N3O4/c16-13(19)9-6-7-12(17-8-9)14(20)18-11-5-3-1-2-4-10(11)15(21)22/h6-8,10-11H,1-5H2,(H2,16,19)(H,18,20)(H,21,22)/t10-,11+/m1/s1. The molecule has 7 heteroatoms. The molecule has 0 aliphatic heterocycles. The van der Waals surface area contributed by atoms with Gasteiger partial charge in [0.05, 0.1) is 11.5 Å². The minimum atomic E-state index is -0.885. The highest BCUT2D eigenvalue weighted by molar-refractivity contribution is 5.95. The van der Waals surface area contributed by atoms with Crippen LogP contribution in [0.4, 0.5) is 0 Å². The Kier molecular flexibility index (Phi) is 5.08. The lowest BCUT2D eigenvalue weighted by Crippen LogP contribution is -2.43. The number of amides is 2. The van der Waals surface area contributed by atoms with Crippen molar-refractivity contribution in [2.24, 2.45) is 11.7 Å². The van der Waals surface area contributed by atoms with Crippen molar-refractivity contribution in [1.82, 2.24) is 10.3 Å². The number of nitrogens with one attached hydrogen (secondary N) is 1. The van der Waals surface area contributed by atoms with Crippen LogP contribution in [0.15, 0.2) is 18.3 Å². The fourth-order valence-electron chi connectivity index (χ4n) is 2.69. The number of rotatable bonds is 4. The van der Waals surface area contributed by atoms with Crippen molar-refractivity contribution < 1.29 is 19.5 Å². The summed E-state index contributed by atoms with van der Waals surface area (Å²) in [6.07, 6.45) is 5.16. The number of aliphatic carboxylic acids is 1. The van der Waals surface area contributed by atoms with E-state index in [1.165, 1.54) is 18.3 Å². The fraction of sp³-hybridized carbons (Fsp3) is 0.467. The van der Waals surface area contributed by atoms with Gasteiger partial charge in [-0.05, 0) is 25.0 Å². The smallest absolute Gasteiger partial charge is 0.308 e. The number of pyridine rings is 1. The Morgan fingerprint density at radius 1 is 1.18 bits per heavy atom. The van der Waals surface area contributed by atoms with Crippen molar-refractivity contribution in [1.29, 1.82) is 0 Å². The van der Waals surface area contributed by atoms with Crippen LogP contribution in [0.2, 0.25) is 0 Å². The van der Waals surface area contributed by atoms with Gasteiger partial charge in [0, 0.05) is 12.2 Å². The fourth-order valence-corrected chi connectivity index (χ4v) is 2.69. The number of hydrogen-bond donors (Lipinski definition) is 3. The molecule has 1 fully saturated rings. The summed E-state index contributed by atoms with van der Waals surface area (Å²) in [5, 5.41) is 12.1. The van der Waals surface area contributed by atoms with E-state index in [4.69, 9.17) is 5.73 Å². The molecule has 4 N–H and O–H groups in total. The van der Waals surface area contributed by atoms with Crippen molar-refractivity contribution in [2.75, 3.05) is 0 Å². The Morgan fingerprint density at radius 3 is 2.50 bits per heavy atom. The van der Waals surface area contributed by atoms with E-state index >= 15 is 0 Å². The largest absolute Gasteiger partial charge is 0.481 e. The molecule has 0 aromatic carbocycles. The van der Waals surface area contributed by atoms with Gasteiger partial charge in [-0.2, -0.15) is 0 Å². The summed E-state index contributed by atoms with van der Waals surface area (Å²) in [7, 11) is 0. The third-order valence-corrected chi connectivity index (χ3v) is 3.93. The van der Waals surface area contributed by atoms with E-state index < -0.39 is 29.7 Å². The molecule has 0 bridgehead atoms. The highest BCUT2D eigenvalue weighted by atomic mass is 16.4. The van der Waals surface area contributed by atoms with Gasteiger partial charge in [0.25, 0.3) is 5.91 Å². The summed E-state index contributed by atoms with van der Waals surface area (Å²) in [4.78, 5) is 38.4. The first-order valence-corrected chi connectivity index (χ1v) is 7.28. The van der Waals surface area contributed by atoms with Crippen molar-refractivity contribution in [3.63, 3.8) is 0 Å². The van der Waals surface area contributed by atoms with E-state index in [0.717, 1.165) is 19.3 Å². The maximum Gasteiger partial charge on any atom is 0.308 e. The first-order chi connectivity index (χ1) is 10.5. The van der Waals surface area contributed by atoms with Gasteiger partial charge in [0.2, 0.25) is 5.91 Å². The Bertz CT molecular complexity index is 571. The zero-order valence-electron chi connectivity index (χ0n) is 12.1. The van der Waals surface area contributed by atoms with Crippen LogP contribution in [0.3, 0.4) is 0 Å². The highest BCUT2D eigenvalue weighted by Gasteiger charge is 2.31. The van der Waals surface area contributed by atoms with Gasteiger partial charge in [0.1, 0.15) is 5.69 Å². The minimum absolute atomic E-state index is 0.137. The van der Waals surface area contributed by atoms with Crippen LogP contribution in [0, 0.1) is 5.92 Å². The summed E-state index contributed by atoms with van der Waals surface area (Å²) in [6.45, 7) is 0. The third-order valence-electron chi connectivity index (χ3n) is 3.93. The predicted molar refractivity (Wildman–Crippen MR) is 78.2 cm³/mol. The average Bonchev–Trinajstić information content (AvgIpc) is 2.72. The second-order valence-electron chi connectivity index (χ2n) is 5.46. The van der Waals surface area contributed by atoms with Gasteiger partial charge < -0.3 is 16.2 Å². The maximum absolute atomic E-state index is 12.2. The zero-order valence-corrected chi connectivity index (χ0v) is 12.1. The summed E-state index contributed by atoms with van der Waals surface area (Å²) in [6, 6.07) is 2.43. The van der Waals surface area contributed by atoms with Crippen LogP contribution in [0.25, 0.3) is 0 Å². The van der Waals surface area contributed by atoms with Crippen LogP contribution in [-0.2, 0) is 4.79 Å². The summed E-state index contributed by atoms with van der Waals surface area (Å²) in [5.74, 6) is -2.51. The minimum Gasteiger partial charge on any atom is -0.481 e. The van der Waals surface area contributed by atoms with E-state index in [9.17, 15) is 19.5 Å². The molecule has 7 nitrogen and oxygen atoms in total. The normalized spacial score (nSPS) is 21.6. The number of primary amides is 1. The molecule has 1 aliphatic carbocycles. The second kappa shape index (κ2) is 7.02. The summed E-state index contributed by atoms with van der Waals surface area (Å²) >= 11 is 0. The van der Waals surface area contributed by atoms with Gasteiger partial charge >= 0.3 is 5.97 Å². The number of nitrogens with zero attached hydrogens (tertiary/aromatic N) is 1. The number of hydrogen-bond acceptors (Lipinski definition) is 4. The van der Waals surface area contributed by atoms with Crippen LogP contribution in [0.5, 0.6) is 0 Å². The van der Waals surface area contributed by atoms with E-state index in [1.807, 2.05) is 0 Å². The van der Waals surface area contributed by atoms with Crippen LogP contribution in [-0.4, -0.2) is 33.9 Å². The van der Waals surface area contributed by atoms with E-state index in [-0.39, 0.29) is 11.3 Å². The van der Waals surface area contributed by atoms with E-state index in [2.05, 4.69) is 10.3 Å². The molecule has 0 radical (unpaired) electrons. The van der Waals surface area contributed by atoms with Crippen LogP contribution >= 0.6 is 0 Å². The van der Waals surface area contributed by atoms with Crippen molar-refractivity contribution in [3.8, 4) is 0 Å². The Balaban J connectivity index is 2.08. The number of carbonyl (C=O) groups excluding carboxylic acids is 2. The molecule has 2 amide bonds. The number of nitrogens with two attached hydrogens (primary N) is 1. The molecular formula is C15H19N3O4. The third kappa shape index (κ3) is 3.81. The SMILES string of the molecule is NC(=O)c1ccc(C(=O)N[C@H]2CCCCC[C@H]2C(=O)O)nc1. The number of carbonyl (C=O) groups is 3. The lowest BCUT2D eigenvalue weighted by atomic mass is 9.95. The predicted octanol–water partition coefficient (Wildman–Crippen LogP) is 0.944. The number of aromatic nitrogens is 1. The Labute approximate surface area is 127 Å². The molecule has 2 atom stereocenters. The molecule has 1 saturated carbocycles. The average molecular weight is 305 g/mol. The summed E-state index contributed by atoms with van der Waals surface area (Å²) < 4.78 is 0. The second-order valence-corrected chi connectivity index (χ2v) is 5.46. The van der Waals surface area contributed by atoms with Crippen molar-refractivity contribution in [2.45, 2.75) is 38.1 Å². The topological polar surface area (TPSA) is 122 Å². The molecule has 1 aromatic heterocycles. The van der Waals surface area contributed by atoms with Crippen molar-refractivity contribution >= 4 is 17.8 Å². The molecule has 118 valence electrons. The Morgan fingerprint density at radius 2 is 1.91 bits per heavy atom. The Hall–Kier alpha value is -2.44. The first kappa shape index (κ1) is 15.9. The lowest BCUT2D eigenvalue weighted by Gasteiger charge is -2.22. The van der Waals surface area contributed by atoms with E-state index in [0.29, 0.717) is 12.8 Å². The molecule has 2 rings (SSSR count). The maximum atomic E-state index is 12.2. The molecule has 0 unspecified atom stereocenters. The molecule has 1 aromatic rings. The summed E-state index contributed by atoms with van der Waals surface area (Å²) in [5.41, 5.74) is 5.47. The molecular weight excluding hydrogens is 286 g/mol. The van der Waals surface area contributed by atoms with Gasteiger partial charge in [-0.1, -0.05) is 19.3 Å². The molecule has 0 saturated heterocycles. The first-order valence-electron chi connectivity index (χ1n) is 7.28. The highest BCUT2D eigenvalue weighted by Crippen LogP contribution is 2.24. The molecule has 1 aliphatic rings.